The van der Waals surface area contributed by atoms with Gasteiger partial charge in [0.05, 0.1) is 6.20 Å². The standard InChI is InChI=1S/C20H18N4O3/c1-24(14-15-6-3-2-4-7-15)20(26)19(25)23-16-8-5-9-17(12-16)27-18-13-21-10-11-22-18/h2-13H,14H2,1H3,(H,23,25). The molecule has 0 bridgehead atoms. The number of aromatic nitrogens is 2. The molecule has 0 aliphatic heterocycles. The van der Waals surface area contributed by atoms with E-state index in [1.807, 2.05) is 30.3 Å². The summed E-state index contributed by atoms with van der Waals surface area (Å²) < 4.78 is 5.57. The highest BCUT2D eigenvalue weighted by Gasteiger charge is 2.19. The maximum absolute atomic E-state index is 12.3. The van der Waals surface area contributed by atoms with Crippen LogP contribution < -0.4 is 10.1 Å². The van der Waals surface area contributed by atoms with Gasteiger partial charge in [0.25, 0.3) is 0 Å². The average Bonchev–Trinajstić information content (AvgIpc) is 2.69. The summed E-state index contributed by atoms with van der Waals surface area (Å²) in [6, 6.07) is 16.2. The first-order valence-electron chi connectivity index (χ1n) is 8.26. The van der Waals surface area contributed by atoms with Crippen LogP contribution >= 0.6 is 0 Å². The maximum Gasteiger partial charge on any atom is 0.313 e. The second-order valence-electron chi connectivity index (χ2n) is 5.77. The van der Waals surface area contributed by atoms with E-state index in [0.717, 1.165) is 5.56 Å². The van der Waals surface area contributed by atoms with Crippen LogP contribution in [0, 0.1) is 0 Å². The third-order valence-electron chi connectivity index (χ3n) is 3.66. The van der Waals surface area contributed by atoms with Gasteiger partial charge in [-0.15, -0.1) is 0 Å². The molecule has 7 heteroatoms. The average molecular weight is 362 g/mol. The van der Waals surface area contributed by atoms with Crippen LogP contribution in [0.5, 0.6) is 11.6 Å². The van der Waals surface area contributed by atoms with Crippen LogP contribution in [0.15, 0.2) is 73.2 Å². The third-order valence-corrected chi connectivity index (χ3v) is 3.66. The summed E-state index contributed by atoms with van der Waals surface area (Å²) in [6.07, 6.45) is 4.54. The van der Waals surface area contributed by atoms with Gasteiger partial charge in [-0.1, -0.05) is 36.4 Å². The Kier molecular flexibility index (Phi) is 5.73. The van der Waals surface area contributed by atoms with Crippen LogP contribution in [0.1, 0.15) is 5.56 Å². The number of benzene rings is 2. The van der Waals surface area contributed by atoms with Crippen molar-refractivity contribution in [3.05, 3.63) is 78.8 Å². The van der Waals surface area contributed by atoms with E-state index in [1.54, 1.807) is 37.5 Å². The van der Waals surface area contributed by atoms with Crippen molar-refractivity contribution in [3.8, 4) is 11.6 Å². The molecular formula is C20H18N4O3. The van der Waals surface area contributed by atoms with Crippen molar-refractivity contribution < 1.29 is 14.3 Å². The second-order valence-corrected chi connectivity index (χ2v) is 5.77. The third kappa shape index (κ3) is 5.12. The monoisotopic (exact) mass is 362 g/mol. The van der Waals surface area contributed by atoms with E-state index in [2.05, 4.69) is 15.3 Å². The van der Waals surface area contributed by atoms with E-state index in [-0.39, 0.29) is 0 Å². The van der Waals surface area contributed by atoms with Crippen molar-refractivity contribution in [1.82, 2.24) is 14.9 Å². The van der Waals surface area contributed by atoms with Crippen molar-refractivity contribution in [2.45, 2.75) is 6.54 Å². The number of nitrogens with zero attached hydrogens (tertiary/aromatic N) is 3. The van der Waals surface area contributed by atoms with Gasteiger partial charge in [0.15, 0.2) is 0 Å². The zero-order valence-electron chi connectivity index (χ0n) is 14.7. The lowest BCUT2D eigenvalue weighted by Crippen LogP contribution is -2.36. The molecule has 0 unspecified atom stereocenters. The van der Waals surface area contributed by atoms with Gasteiger partial charge in [-0.2, -0.15) is 0 Å². The summed E-state index contributed by atoms with van der Waals surface area (Å²) in [6.45, 7) is 0.350. The number of carbonyl (C=O) groups is 2. The molecule has 27 heavy (non-hydrogen) atoms. The molecule has 2 aromatic carbocycles. The molecular weight excluding hydrogens is 344 g/mol. The number of rotatable bonds is 5. The smallest absolute Gasteiger partial charge is 0.313 e. The van der Waals surface area contributed by atoms with Crippen LogP contribution in [0.3, 0.4) is 0 Å². The molecule has 136 valence electrons. The number of ether oxygens (including phenoxy) is 1. The van der Waals surface area contributed by atoms with Gasteiger partial charge in [0.1, 0.15) is 5.75 Å². The first-order valence-corrected chi connectivity index (χ1v) is 8.26. The van der Waals surface area contributed by atoms with Crippen LogP contribution in [0.4, 0.5) is 5.69 Å². The Bertz CT molecular complexity index is 917. The first kappa shape index (κ1) is 18.1. The minimum atomic E-state index is -0.718. The number of likely N-dealkylation sites (N-methyl/N-ethyl adjacent to an activating group) is 1. The molecule has 0 spiro atoms. The normalized spacial score (nSPS) is 10.1. The van der Waals surface area contributed by atoms with Crippen molar-refractivity contribution in [2.24, 2.45) is 0 Å². The Labute approximate surface area is 156 Å². The molecule has 0 aliphatic carbocycles. The van der Waals surface area contributed by atoms with Gasteiger partial charge >= 0.3 is 11.8 Å². The quantitative estimate of drug-likeness (QED) is 0.706. The molecule has 0 fully saturated rings. The molecule has 3 aromatic rings. The van der Waals surface area contributed by atoms with E-state index in [4.69, 9.17) is 4.74 Å². The highest BCUT2D eigenvalue weighted by molar-refractivity contribution is 6.39. The number of carbonyl (C=O) groups excluding carboxylic acids is 2. The molecule has 0 aliphatic rings. The van der Waals surface area contributed by atoms with Gasteiger partial charge in [-0.25, -0.2) is 4.98 Å². The largest absolute Gasteiger partial charge is 0.437 e. The predicted molar refractivity (Wildman–Crippen MR) is 100 cm³/mol. The Morgan fingerprint density at radius 2 is 1.89 bits per heavy atom. The molecule has 0 radical (unpaired) electrons. The van der Waals surface area contributed by atoms with Crippen LogP contribution in [0.2, 0.25) is 0 Å². The highest BCUT2D eigenvalue weighted by atomic mass is 16.5. The van der Waals surface area contributed by atoms with E-state index < -0.39 is 11.8 Å². The first-order chi connectivity index (χ1) is 13.1. The van der Waals surface area contributed by atoms with E-state index in [0.29, 0.717) is 23.9 Å². The molecule has 0 atom stereocenters. The van der Waals surface area contributed by atoms with Crippen molar-refractivity contribution in [2.75, 3.05) is 12.4 Å². The summed E-state index contributed by atoms with van der Waals surface area (Å²) in [4.78, 5) is 33.9. The van der Waals surface area contributed by atoms with Crippen molar-refractivity contribution in [1.29, 1.82) is 0 Å². The molecule has 1 heterocycles. The van der Waals surface area contributed by atoms with Gasteiger partial charge in [-0.3, -0.25) is 14.6 Å². The molecule has 7 nitrogen and oxygen atoms in total. The minimum absolute atomic E-state index is 0.333. The van der Waals surface area contributed by atoms with Crippen molar-refractivity contribution in [3.63, 3.8) is 0 Å². The Morgan fingerprint density at radius 3 is 2.63 bits per heavy atom. The summed E-state index contributed by atoms with van der Waals surface area (Å²) in [5, 5.41) is 2.59. The van der Waals surface area contributed by atoms with Gasteiger partial charge < -0.3 is 15.0 Å². The van der Waals surface area contributed by atoms with Gasteiger partial charge in [0, 0.05) is 37.7 Å². The van der Waals surface area contributed by atoms with Crippen LogP contribution in [-0.4, -0.2) is 33.7 Å². The SMILES string of the molecule is CN(Cc1ccccc1)C(=O)C(=O)Nc1cccc(Oc2cnccn2)c1. The lowest BCUT2D eigenvalue weighted by atomic mass is 10.2. The zero-order chi connectivity index (χ0) is 19.1. The van der Waals surface area contributed by atoms with Crippen LogP contribution in [0.25, 0.3) is 0 Å². The highest BCUT2D eigenvalue weighted by Crippen LogP contribution is 2.22. The van der Waals surface area contributed by atoms with Crippen LogP contribution in [-0.2, 0) is 16.1 Å². The van der Waals surface area contributed by atoms with Gasteiger partial charge in [-0.05, 0) is 17.7 Å². The summed E-state index contributed by atoms with van der Waals surface area (Å²) in [5.41, 5.74) is 1.39. The molecule has 0 saturated carbocycles. The summed E-state index contributed by atoms with van der Waals surface area (Å²) >= 11 is 0. The summed E-state index contributed by atoms with van der Waals surface area (Å²) in [7, 11) is 1.59. The Hall–Kier alpha value is -3.74. The lowest BCUT2D eigenvalue weighted by Gasteiger charge is -2.17. The number of anilines is 1. The van der Waals surface area contributed by atoms with Gasteiger partial charge in [0.2, 0.25) is 5.88 Å². The topological polar surface area (TPSA) is 84.4 Å². The molecule has 1 N–H and O–H groups in total. The van der Waals surface area contributed by atoms with E-state index >= 15 is 0 Å². The molecule has 1 aromatic heterocycles. The summed E-state index contributed by atoms with van der Waals surface area (Å²) in [5.74, 6) is -0.540. The predicted octanol–water partition coefficient (Wildman–Crippen LogP) is 2.87. The molecule has 0 saturated heterocycles. The van der Waals surface area contributed by atoms with Crippen molar-refractivity contribution >= 4 is 17.5 Å². The number of amides is 2. The fraction of sp³-hybridized carbons (Fsp3) is 0.100. The zero-order valence-corrected chi connectivity index (χ0v) is 14.7. The second kappa shape index (κ2) is 8.57. The lowest BCUT2D eigenvalue weighted by molar-refractivity contribution is -0.142. The Balaban J connectivity index is 1.61. The fourth-order valence-electron chi connectivity index (χ4n) is 2.38. The van der Waals surface area contributed by atoms with E-state index in [9.17, 15) is 9.59 Å². The minimum Gasteiger partial charge on any atom is -0.437 e. The number of hydrogen-bond donors (Lipinski definition) is 1. The number of hydrogen-bond acceptors (Lipinski definition) is 5. The molecule has 2 amide bonds. The number of nitrogens with one attached hydrogen (secondary N) is 1. The fourth-order valence-corrected chi connectivity index (χ4v) is 2.38. The van der Waals surface area contributed by atoms with E-state index in [1.165, 1.54) is 17.3 Å². The Morgan fingerprint density at radius 1 is 1.07 bits per heavy atom. The maximum atomic E-state index is 12.3. The molecule has 3 rings (SSSR count).